The van der Waals surface area contributed by atoms with Crippen molar-refractivity contribution >= 4 is 5.91 Å². The summed E-state index contributed by atoms with van der Waals surface area (Å²) in [4.78, 5) is 19.1. The van der Waals surface area contributed by atoms with Crippen molar-refractivity contribution in [3.05, 3.63) is 54.1 Å². The van der Waals surface area contributed by atoms with Gasteiger partial charge in [0.2, 0.25) is 5.91 Å². The van der Waals surface area contributed by atoms with Crippen molar-refractivity contribution in [1.29, 1.82) is 0 Å². The van der Waals surface area contributed by atoms with Crippen LogP contribution in [0.15, 0.2) is 42.9 Å². The summed E-state index contributed by atoms with van der Waals surface area (Å²) >= 11 is 0. The number of hydrogen-bond donors (Lipinski definition) is 1. The van der Waals surface area contributed by atoms with Crippen LogP contribution >= 0.6 is 0 Å². The first-order valence-corrected chi connectivity index (χ1v) is 9.14. The maximum Gasteiger partial charge on any atom is 0.220 e. The molecule has 132 valence electrons. The number of carbonyl (C=O) groups excluding carboxylic acids is 1. The van der Waals surface area contributed by atoms with Crippen LogP contribution in [0.3, 0.4) is 0 Å². The van der Waals surface area contributed by atoms with Gasteiger partial charge in [0, 0.05) is 38.3 Å². The van der Waals surface area contributed by atoms with Crippen LogP contribution in [0.25, 0.3) is 0 Å². The molecule has 1 aromatic carbocycles. The summed E-state index contributed by atoms with van der Waals surface area (Å²) in [6.45, 7) is 3.08. The molecule has 25 heavy (non-hydrogen) atoms. The van der Waals surface area contributed by atoms with Gasteiger partial charge in [0.05, 0.1) is 17.6 Å². The fourth-order valence-corrected chi connectivity index (χ4v) is 4.62. The van der Waals surface area contributed by atoms with E-state index in [0.717, 1.165) is 25.8 Å². The number of hydrogen-bond acceptors (Lipinski definition) is 3. The molecular weight excluding hydrogens is 312 g/mol. The average Bonchev–Trinajstić information content (AvgIpc) is 3.06. The SMILES string of the molecule is Cn1cncc1CN1[C@H]2CCCC(=O)N[C@@]2(C)C[C@H]1c1ccccc1. The molecule has 0 unspecified atom stereocenters. The number of rotatable bonds is 3. The zero-order valence-electron chi connectivity index (χ0n) is 15.0. The summed E-state index contributed by atoms with van der Waals surface area (Å²) < 4.78 is 2.09. The van der Waals surface area contributed by atoms with Gasteiger partial charge in [-0.2, -0.15) is 0 Å². The van der Waals surface area contributed by atoms with Gasteiger partial charge < -0.3 is 9.88 Å². The average molecular weight is 338 g/mol. The Balaban J connectivity index is 1.72. The predicted molar refractivity (Wildman–Crippen MR) is 96.7 cm³/mol. The van der Waals surface area contributed by atoms with Gasteiger partial charge in [0.15, 0.2) is 0 Å². The molecule has 1 aromatic heterocycles. The van der Waals surface area contributed by atoms with Crippen molar-refractivity contribution in [2.75, 3.05) is 0 Å². The molecule has 0 aliphatic carbocycles. The number of nitrogens with zero attached hydrogens (tertiary/aromatic N) is 3. The van der Waals surface area contributed by atoms with E-state index >= 15 is 0 Å². The van der Waals surface area contributed by atoms with Gasteiger partial charge in [0.1, 0.15) is 0 Å². The van der Waals surface area contributed by atoms with E-state index < -0.39 is 0 Å². The quantitative estimate of drug-likeness (QED) is 0.936. The van der Waals surface area contributed by atoms with Crippen molar-refractivity contribution in [2.24, 2.45) is 7.05 Å². The van der Waals surface area contributed by atoms with Gasteiger partial charge in [-0.05, 0) is 31.7 Å². The summed E-state index contributed by atoms with van der Waals surface area (Å²) in [5.41, 5.74) is 2.36. The minimum Gasteiger partial charge on any atom is -0.349 e. The summed E-state index contributed by atoms with van der Waals surface area (Å²) in [6, 6.07) is 11.3. The second-order valence-corrected chi connectivity index (χ2v) is 7.67. The number of aryl methyl sites for hydroxylation is 1. The molecule has 2 aliphatic rings. The van der Waals surface area contributed by atoms with Crippen molar-refractivity contribution in [1.82, 2.24) is 19.8 Å². The van der Waals surface area contributed by atoms with Gasteiger partial charge in [-0.1, -0.05) is 30.3 Å². The molecule has 2 aliphatic heterocycles. The van der Waals surface area contributed by atoms with Crippen LogP contribution in [0.4, 0.5) is 0 Å². The molecule has 5 heteroatoms. The Hall–Kier alpha value is -2.14. The largest absolute Gasteiger partial charge is 0.349 e. The lowest BCUT2D eigenvalue weighted by Gasteiger charge is -2.35. The molecule has 3 heterocycles. The van der Waals surface area contributed by atoms with E-state index in [0.29, 0.717) is 18.5 Å². The van der Waals surface area contributed by atoms with E-state index in [1.165, 1.54) is 11.3 Å². The smallest absolute Gasteiger partial charge is 0.220 e. The third-order valence-corrected chi connectivity index (χ3v) is 5.91. The molecule has 0 radical (unpaired) electrons. The first-order chi connectivity index (χ1) is 12.1. The number of amides is 1. The number of nitrogens with one attached hydrogen (secondary N) is 1. The standard InChI is InChI=1S/C20H26N4O/c1-20-11-17(15-7-4-3-5-8-15)24(13-16-12-21-14-23(16)2)18(20)9-6-10-19(25)22-20/h3-5,7-8,12,14,17-18H,6,9-11,13H2,1-2H3,(H,22,25)/t17-,18-,20-/m0/s1. The Kier molecular flexibility index (Phi) is 4.12. The van der Waals surface area contributed by atoms with E-state index in [1.807, 2.05) is 19.6 Å². The molecule has 2 aromatic rings. The lowest BCUT2D eigenvalue weighted by molar-refractivity contribution is -0.122. The van der Waals surface area contributed by atoms with Crippen LogP contribution in [-0.2, 0) is 18.4 Å². The van der Waals surface area contributed by atoms with Crippen molar-refractivity contribution in [3.63, 3.8) is 0 Å². The lowest BCUT2D eigenvalue weighted by Crippen LogP contribution is -2.52. The highest BCUT2D eigenvalue weighted by Crippen LogP contribution is 2.45. The normalized spacial score (nSPS) is 29.9. The molecule has 2 fully saturated rings. The van der Waals surface area contributed by atoms with E-state index in [-0.39, 0.29) is 11.4 Å². The van der Waals surface area contributed by atoms with Crippen molar-refractivity contribution in [2.45, 2.75) is 56.8 Å². The topological polar surface area (TPSA) is 50.2 Å². The Morgan fingerprint density at radius 2 is 2.12 bits per heavy atom. The Labute approximate surface area is 149 Å². The first kappa shape index (κ1) is 16.3. The minimum atomic E-state index is -0.174. The van der Waals surface area contributed by atoms with Gasteiger partial charge in [-0.15, -0.1) is 0 Å². The molecule has 1 N–H and O–H groups in total. The fourth-order valence-electron chi connectivity index (χ4n) is 4.62. The summed E-state index contributed by atoms with van der Waals surface area (Å²) in [7, 11) is 2.05. The van der Waals surface area contributed by atoms with Crippen LogP contribution in [-0.4, -0.2) is 31.9 Å². The Morgan fingerprint density at radius 1 is 1.32 bits per heavy atom. The highest BCUT2D eigenvalue weighted by atomic mass is 16.1. The monoisotopic (exact) mass is 338 g/mol. The van der Waals surface area contributed by atoms with Crippen LogP contribution in [0.1, 0.15) is 49.9 Å². The van der Waals surface area contributed by atoms with Crippen LogP contribution in [0, 0.1) is 0 Å². The number of imidazole rings is 1. The highest BCUT2D eigenvalue weighted by Gasteiger charge is 2.51. The van der Waals surface area contributed by atoms with Gasteiger partial charge in [-0.3, -0.25) is 9.69 Å². The first-order valence-electron chi connectivity index (χ1n) is 9.14. The van der Waals surface area contributed by atoms with Crippen LogP contribution < -0.4 is 5.32 Å². The number of carbonyl (C=O) groups is 1. The molecule has 2 saturated heterocycles. The zero-order chi connectivity index (χ0) is 17.4. The van der Waals surface area contributed by atoms with Gasteiger partial charge >= 0.3 is 0 Å². The maximum atomic E-state index is 12.2. The van der Waals surface area contributed by atoms with Crippen LogP contribution in [0.5, 0.6) is 0 Å². The zero-order valence-corrected chi connectivity index (χ0v) is 15.0. The lowest BCUT2D eigenvalue weighted by atomic mass is 9.88. The third kappa shape index (κ3) is 2.97. The molecule has 5 nitrogen and oxygen atoms in total. The van der Waals surface area contributed by atoms with E-state index in [9.17, 15) is 4.79 Å². The molecular formula is C20H26N4O. The second kappa shape index (κ2) is 6.30. The Morgan fingerprint density at radius 3 is 2.84 bits per heavy atom. The molecule has 0 bridgehead atoms. The highest BCUT2D eigenvalue weighted by molar-refractivity contribution is 5.77. The molecule has 4 rings (SSSR count). The van der Waals surface area contributed by atoms with Gasteiger partial charge in [-0.25, -0.2) is 4.98 Å². The third-order valence-electron chi connectivity index (χ3n) is 5.91. The number of likely N-dealkylation sites (tertiary alicyclic amines) is 1. The van der Waals surface area contributed by atoms with E-state index in [2.05, 4.69) is 57.0 Å². The molecule has 0 spiro atoms. The fraction of sp³-hybridized carbons (Fsp3) is 0.500. The van der Waals surface area contributed by atoms with E-state index in [1.54, 1.807) is 0 Å². The number of aromatic nitrogens is 2. The summed E-state index contributed by atoms with van der Waals surface area (Å²) in [5.74, 6) is 0.194. The molecule has 1 amide bonds. The predicted octanol–water partition coefficient (Wildman–Crippen LogP) is 2.79. The minimum absolute atomic E-state index is 0.174. The number of benzene rings is 1. The van der Waals surface area contributed by atoms with Gasteiger partial charge in [0.25, 0.3) is 0 Å². The van der Waals surface area contributed by atoms with Crippen LogP contribution in [0.2, 0.25) is 0 Å². The van der Waals surface area contributed by atoms with Crippen molar-refractivity contribution in [3.8, 4) is 0 Å². The molecule has 3 atom stereocenters. The number of fused-ring (bicyclic) bond motifs is 1. The second-order valence-electron chi connectivity index (χ2n) is 7.67. The maximum absolute atomic E-state index is 12.2. The van der Waals surface area contributed by atoms with E-state index in [4.69, 9.17) is 0 Å². The Bertz CT molecular complexity index is 756. The summed E-state index contributed by atoms with van der Waals surface area (Å²) in [6.07, 6.45) is 7.41. The van der Waals surface area contributed by atoms with Crippen molar-refractivity contribution < 1.29 is 4.79 Å². The molecule has 0 saturated carbocycles. The summed E-state index contributed by atoms with van der Waals surface area (Å²) in [5, 5.41) is 3.34.